The normalized spacial score (nSPS) is 38.8. The van der Waals surface area contributed by atoms with Crippen LogP contribution in [0.4, 0.5) is 0 Å². The van der Waals surface area contributed by atoms with Crippen molar-refractivity contribution in [3.8, 4) is 0 Å². The van der Waals surface area contributed by atoms with Crippen LogP contribution >= 0.6 is 0 Å². The summed E-state index contributed by atoms with van der Waals surface area (Å²) in [5.41, 5.74) is 2.65. The van der Waals surface area contributed by atoms with E-state index in [1.54, 1.807) is 7.11 Å². The van der Waals surface area contributed by atoms with E-state index in [-0.39, 0.29) is 5.60 Å². The van der Waals surface area contributed by atoms with Crippen LogP contribution in [0, 0.1) is 23.2 Å². The van der Waals surface area contributed by atoms with Crippen LogP contribution in [0.15, 0.2) is 35.5 Å². The van der Waals surface area contributed by atoms with Crippen molar-refractivity contribution in [1.29, 1.82) is 0 Å². The number of allylic oxidation sites excluding steroid dienone is 4. The molecule has 5 unspecified atom stereocenters. The van der Waals surface area contributed by atoms with Gasteiger partial charge in [-0.25, -0.2) is 0 Å². The summed E-state index contributed by atoms with van der Waals surface area (Å²) in [6.45, 7) is 9.39. The van der Waals surface area contributed by atoms with Crippen LogP contribution in [0.5, 0.6) is 0 Å². The van der Waals surface area contributed by atoms with Gasteiger partial charge in [0.05, 0.1) is 17.8 Å². The Bertz CT molecular complexity index is 725. The molecule has 3 fully saturated rings. The average Bonchev–Trinajstić information content (AvgIpc) is 3.12. The van der Waals surface area contributed by atoms with Gasteiger partial charge in [0.25, 0.3) is 0 Å². The predicted molar refractivity (Wildman–Crippen MR) is 132 cm³/mol. The first-order valence-corrected chi connectivity index (χ1v) is 12.8. The van der Waals surface area contributed by atoms with Crippen molar-refractivity contribution in [2.75, 3.05) is 13.9 Å². The van der Waals surface area contributed by atoms with Crippen molar-refractivity contribution >= 4 is 0 Å². The molecule has 0 amide bonds. The molecular weight excluding hydrogens is 416 g/mol. The van der Waals surface area contributed by atoms with Gasteiger partial charge in [-0.2, -0.15) is 0 Å². The summed E-state index contributed by atoms with van der Waals surface area (Å²) < 4.78 is 10.8. The number of ether oxygens (including phenoxy) is 2. The lowest BCUT2D eigenvalue weighted by molar-refractivity contribution is -0.112. The number of fused-ring (bicyclic) bond motifs is 1. The van der Waals surface area contributed by atoms with E-state index in [4.69, 9.17) is 9.47 Å². The minimum absolute atomic E-state index is 0.223. The lowest BCUT2D eigenvalue weighted by Crippen LogP contribution is -2.41. The van der Waals surface area contributed by atoms with Gasteiger partial charge in [-0.3, -0.25) is 0 Å². The Hall–Kier alpha value is -0.980. The molecule has 188 valence electrons. The molecule has 0 saturated heterocycles. The molecule has 33 heavy (non-hydrogen) atoms. The van der Waals surface area contributed by atoms with Gasteiger partial charge in [-0.1, -0.05) is 49.3 Å². The highest BCUT2D eigenvalue weighted by atomic mass is 16.7. The lowest BCUT2D eigenvalue weighted by Gasteiger charge is -2.44. The van der Waals surface area contributed by atoms with Crippen LogP contribution in [-0.4, -0.2) is 53.1 Å². The van der Waals surface area contributed by atoms with E-state index in [1.165, 1.54) is 31.3 Å². The second kappa shape index (κ2) is 11.2. The number of hydrogen-bond acceptors (Lipinski definition) is 5. The maximum Gasteiger partial charge on any atom is 0.147 e. The molecule has 0 aromatic heterocycles. The molecular formula is C28H46O5. The molecule has 3 rings (SSSR count). The largest absolute Gasteiger partial charge is 0.390 e. The second-order valence-electron chi connectivity index (χ2n) is 11.5. The monoisotopic (exact) mass is 462 g/mol. The Kier molecular flexibility index (Phi) is 9.01. The third-order valence-electron chi connectivity index (χ3n) is 8.55. The van der Waals surface area contributed by atoms with Gasteiger partial charge < -0.3 is 24.8 Å². The highest BCUT2D eigenvalue weighted by molar-refractivity contribution is 5.27. The van der Waals surface area contributed by atoms with Gasteiger partial charge in [-0.15, -0.1) is 0 Å². The van der Waals surface area contributed by atoms with Crippen LogP contribution < -0.4 is 0 Å². The van der Waals surface area contributed by atoms with Crippen molar-refractivity contribution in [3.63, 3.8) is 0 Å². The first kappa shape index (κ1) is 26.6. The van der Waals surface area contributed by atoms with Gasteiger partial charge in [0.2, 0.25) is 0 Å². The minimum Gasteiger partial charge on any atom is -0.390 e. The number of rotatable bonds is 8. The molecule has 0 aliphatic heterocycles. The van der Waals surface area contributed by atoms with Crippen LogP contribution in [0.25, 0.3) is 0 Å². The maximum atomic E-state index is 10.0. The molecule has 3 saturated carbocycles. The van der Waals surface area contributed by atoms with Gasteiger partial charge in [0.15, 0.2) is 0 Å². The topological polar surface area (TPSA) is 79.2 Å². The van der Waals surface area contributed by atoms with Crippen LogP contribution in [-0.2, 0) is 9.47 Å². The van der Waals surface area contributed by atoms with Crippen LogP contribution in [0.2, 0.25) is 0 Å². The molecule has 3 aliphatic carbocycles. The SMILES string of the molecule is COCOC(C)(C)C/C=C/[C@@H](C)C1CCC2/C(=C/C=C3CC(O)C(O)[C@H](O)C3)CCCC21C. The highest BCUT2D eigenvalue weighted by Crippen LogP contribution is 2.59. The summed E-state index contributed by atoms with van der Waals surface area (Å²) in [5, 5.41) is 29.8. The zero-order valence-corrected chi connectivity index (χ0v) is 21.3. The van der Waals surface area contributed by atoms with Crippen LogP contribution in [0.1, 0.15) is 79.1 Å². The zero-order chi connectivity index (χ0) is 24.2. The molecule has 3 aliphatic rings. The first-order chi connectivity index (χ1) is 15.6. The Morgan fingerprint density at radius 2 is 1.82 bits per heavy atom. The smallest absolute Gasteiger partial charge is 0.147 e. The number of methoxy groups -OCH3 is 1. The molecule has 0 heterocycles. The molecule has 0 aromatic carbocycles. The molecule has 0 bridgehead atoms. The standard InChI is InChI=1S/C28H46O5/c1-19(8-6-14-27(2,3)33-18-32-5)22-12-13-23-21(9-7-15-28(22,23)4)11-10-20-16-24(29)26(31)25(30)17-20/h6,8,10-11,19,22-26,29-31H,7,9,12-18H2,1-5H3/b8-6+,20-10?,21-11+/t19-,22?,23?,24-,25?,26?,28?/m1/s1. The Morgan fingerprint density at radius 1 is 1.12 bits per heavy atom. The van der Waals surface area contributed by atoms with Crippen molar-refractivity contribution in [1.82, 2.24) is 0 Å². The van der Waals surface area contributed by atoms with Gasteiger partial charge in [0, 0.05) is 7.11 Å². The molecule has 0 spiro atoms. The quantitative estimate of drug-likeness (QED) is 0.353. The fraction of sp³-hybridized carbons (Fsp3) is 0.786. The summed E-state index contributed by atoms with van der Waals surface area (Å²) in [6, 6.07) is 0. The number of hydrogen-bond donors (Lipinski definition) is 3. The van der Waals surface area contributed by atoms with E-state index < -0.39 is 18.3 Å². The van der Waals surface area contributed by atoms with Gasteiger partial charge in [-0.05, 0) is 88.4 Å². The number of aliphatic hydroxyl groups excluding tert-OH is 3. The maximum absolute atomic E-state index is 10.0. The van der Waals surface area contributed by atoms with Crippen molar-refractivity contribution in [2.24, 2.45) is 23.2 Å². The van der Waals surface area contributed by atoms with Crippen molar-refractivity contribution in [3.05, 3.63) is 35.5 Å². The summed E-state index contributed by atoms with van der Waals surface area (Å²) in [6.07, 6.45) is 14.2. The second-order valence-corrected chi connectivity index (χ2v) is 11.5. The summed E-state index contributed by atoms with van der Waals surface area (Å²) in [4.78, 5) is 0. The van der Waals surface area contributed by atoms with Crippen molar-refractivity contribution in [2.45, 2.75) is 103 Å². The van der Waals surface area contributed by atoms with E-state index >= 15 is 0 Å². The Morgan fingerprint density at radius 3 is 2.48 bits per heavy atom. The highest BCUT2D eigenvalue weighted by Gasteiger charge is 2.50. The van der Waals surface area contributed by atoms with E-state index in [1.807, 2.05) is 0 Å². The zero-order valence-electron chi connectivity index (χ0n) is 21.3. The molecule has 0 aromatic rings. The molecule has 0 radical (unpaired) electrons. The third-order valence-corrected chi connectivity index (χ3v) is 8.55. The third kappa shape index (κ3) is 6.37. The molecule has 5 heteroatoms. The van der Waals surface area contributed by atoms with E-state index in [2.05, 4.69) is 52.0 Å². The first-order valence-electron chi connectivity index (χ1n) is 12.8. The van der Waals surface area contributed by atoms with Crippen LogP contribution in [0.3, 0.4) is 0 Å². The van der Waals surface area contributed by atoms with E-state index in [0.717, 1.165) is 18.4 Å². The Labute approximate surface area is 200 Å². The van der Waals surface area contributed by atoms with Crippen molar-refractivity contribution < 1.29 is 24.8 Å². The fourth-order valence-corrected chi connectivity index (χ4v) is 6.60. The van der Waals surface area contributed by atoms with Gasteiger partial charge >= 0.3 is 0 Å². The fourth-order valence-electron chi connectivity index (χ4n) is 6.60. The lowest BCUT2D eigenvalue weighted by atomic mass is 9.61. The minimum atomic E-state index is -1.03. The summed E-state index contributed by atoms with van der Waals surface area (Å²) >= 11 is 0. The molecule has 3 N–H and O–H groups in total. The van der Waals surface area contributed by atoms with Gasteiger partial charge in [0.1, 0.15) is 12.9 Å². The molecule has 5 nitrogen and oxygen atoms in total. The van der Waals surface area contributed by atoms with E-state index in [0.29, 0.717) is 42.8 Å². The predicted octanol–water partition coefficient (Wildman–Crippen LogP) is 4.91. The Balaban J connectivity index is 1.66. The number of aliphatic hydroxyl groups is 3. The van der Waals surface area contributed by atoms with E-state index in [9.17, 15) is 15.3 Å². The summed E-state index contributed by atoms with van der Waals surface area (Å²) in [7, 11) is 1.65. The average molecular weight is 463 g/mol. The summed E-state index contributed by atoms with van der Waals surface area (Å²) in [5.74, 6) is 1.81. The molecule has 7 atom stereocenters.